The summed E-state index contributed by atoms with van der Waals surface area (Å²) < 4.78 is 0. The molecule has 228 valence electrons. The summed E-state index contributed by atoms with van der Waals surface area (Å²) in [5.41, 5.74) is 8.86. The number of pyridine rings is 1. The van der Waals surface area contributed by atoms with E-state index in [9.17, 15) is 15.8 Å². The van der Waals surface area contributed by atoms with E-state index in [1.165, 1.54) is 0 Å². The van der Waals surface area contributed by atoms with Crippen molar-refractivity contribution in [3.8, 4) is 29.3 Å². The summed E-state index contributed by atoms with van der Waals surface area (Å²) in [6.07, 6.45) is 18.0. The topological polar surface area (TPSA) is 84.3 Å². The lowest BCUT2D eigenvalue weighted by Gasteiger charge is -2.21. The Balaban J connectivity index is 2.32. The number of benzene rings is 2. The van der Waals surface area contributed by atoms with Gasteiger partial charge in [0.05, 0.1) is 34.9 Å². The third kappa shape index (κ3) is 9.12. The lowest BCUT2D eigenvalue weighted by Crippen LogP contribution is -2.11. The van der Waals surface area contributed by atoms with Gasteiger partial charge in [0.1, 0.15) is 0 Å². The van der Waals surface area contributed by atoms with Crippen molar-refractivity contribution >= 4 is 23.3 Å². The summed E-state index contributed by atoms with van der Waals surface area (Å²) in [5, 5.41) is 30.6. The number of rotatable bonds is 11. The van der Waals surface area contributed by atoms with E-state index in [0.29, 0.717) is 22.3 Å². The monoisotopic (exact) mass is 600 g/mol. The molecule has 4 nitrogen and oxygen atoms in total. The van der Waals surface area contributed by atoms with Crippen LogP contribution in [-0.4, -0.2) is 4.98 Å². The zero-order valence-corrected chi connectivity index (χ0v) is 27.4. The Morgan fingerprint density at radius 2 is 1.37 bits per heavy atom. The molecule has 0 radical (unpaired) electrons. The molecule has 1 heterocycles. The molecule has 3 rings (SSSR count). The molecule has 0 saturated carbocycles. The third-order valence-corrected chi connectivity index (χ3v) is 7.34. The van der Waals surface area contributed by atoms with Gasteiger partial charge in [-0.1, -0.05) is 78.1 Å². The van der Waals surface area contributed by atoms with Crippen LogP contribution >= 0.6 is 0 Å². The molecular weight excluding hydrogens is 560 g/mol. The molecule has 0 amide bonds. The van der Waals surface area contributed by atoms with Gasteiger partial charge in [-0.15, -0.1) is 0 Å². The van der Waals surface area contributed by atoms with Crippen LogP contribution in [0.5, 0.6) is 0 Å². The molecule has 0 N–H and O–H groups in total. The highest BCUT2D eigenvalue weighted by Gasteiger charge is 2.17. The van der Waals surface area contributed by atoms with Crippen molar-refractivity contribution in [3.05, 3.63) is 149 Å². The predicted molar refractivity (Wildman–Crippen MR) is 193 cm³/mol. The van der Waals surface area contributed by atoms with Gasteiger partial charge in [-0.25, -0.2) is 0 Å². The van der Waals surface area contributed by atoms with Crippen LogP contribution in [0.15, 0.2) is 121 Å². The first-order chi connectivity index (χ1) is 22.1. The molecule has 0 unspecified atom stereocenters. The minimum Gasteiger partial charge on any atom is -0.265 e. The SMILES string of the molecule is C=CC(/C=C(\C#N)c1cc(/C=C(\C#N)c2cc(/C=C(C#N)/C(C=C)=C/CC)cc(-c3ccncc3)c2)cc(C(C)(C)C)c1)=C\CC. The second-order valence-electron chi connectivity index (χ2n) is 11.8. The number of hydrogen-bond donors (Lipinski definition) is 0. The Bertz CT molecular complexity index is 1880. The maximum Gasteiger partial charge on any atom is 0.0998 e. The van der Waals surface area contributed by atoms with E-state index >= 15 is 0 Å². The van der Waals surface area contributed by atoms with Crippen molar-refractivity contribution in [3.63, 3.8) is 0 Å². The number of allylic oxidation sites excluding steroid dienone is 10. The number of nitrogens with zero attached hydrogens (tertiary/aromatic N) is 4. The van der Waals surface area contributed by atoms with Crippen LogP contribution in [0.4, 0.5) is 0 Å². The first-order valence-electron chi connectivity index (χ1n) is 15.3. The smallest absolute Gasteiger partial charge is 0.0998 e. The van der Waals surface area contributed by atoms with Crippen LogP contribution in [0.2, 0.25) is 0 Å². The summed E-state index contributed by atoms with van der Waals surface area (Å²) in [6.45, 7) is 18.2. The Kier molecular flexibility index (Phi) is 12.3. The van der Waals surface area contributed by atoms with Crippen molar-refractivity contribution < 1.29 is 0 Å². The molecule has 0 fully saturated rings. The average Bonchev–Trinajstić information content (AvgIpc) is 3.06. The van der Waals surface area contributed by atoms with Crippen molar-refractivity contribution in [2.75, 3.05) is 0 Å². The third-order valence-electron chi connectivity index (χ3n) is 7.34. The molecule has 0 saturated heterocycles. The van der Waals surface area contributed by atoms with Gasteiger partial charge in [0.2, 0.25) is 0 Å². The summed E-state index contributed by atoms with van der Waals surface area (Å²) in [6, 6.07) is 22.9. The first kappa shape index (κ1) is 34.7. The van der Waals surface area contributed by atoms with Gasteiger partial charge in [-0.2, -0.15) is 15.8 Å². The maximum absolute atomic E-state index is 10.5. The van der Waals surface area contributed by atoms with Gasteiger partial charge in [0.25, 0.3) is 0 Å². The molecule has 46 heavy (non-hydrogen) atoms. The Hall–Kier alpha value is -5.76. The standard InChI is InChI=1S/C42H40N4/c1-8-12-30(10-3)18-39(28-44)37-21-32(24-41(26-37)42(5,6)7)23-40(29-45)36-20-31(22-38(27-43)33(11-4)13-9-2)19-35(25-36)34-14-16-46-17-15-34/h10-26H,3-4,8-9H2,1-2,5-7H3/b30-12+,33-13+,38-22+,39-18+,40-23+. The highest BCUT2D eigenvalue weighted by Crippen LogP contribution is 2.32. The van der Waals surface area contributed by atoms with Gasteiger partial charge < -0.3 is 0 Å². The molecule has 0 spiro atoms. The molecule has 0 aliphatic carbocycles. The van der Waals surface area contributed by atoms with Crippen LogP contribution in [0.25, 0.3) is 34.4 Å². The molecule has 0 aliphatic rings. The molecule has 2 aromatic carbocycles. The summed E-state index contributed by atoms with van der Waals surface area (Å²) in [4.78, 5) is 4.16. The highest BCUT2D eigenvalue weighted by molar-refractivity contribution is 5.93. The second kappa shape index (κ2) is 16.4. The van der Waals surface area contributed by atoms with Crippen LogP contribution < -0.4 is 0 Å². The largest absolute Gasteiger partial charge is 0.265 e. The van der Waals surface area contributed by atoms with Gasteiger partial charge >= 0.3 is 0 Å². The number of aromatic nitrogens is 1. The molecule has 4 heteroatoms. The van der Waals surface area contributed by atoms with Crippen LogP contribution in [-0.2, 0) is 5.41 Å². The fourth-order valence-corrected chi connectivity index (χ4v) is 4.93. The van der Waals surface area contributed by atoms with Gasteiger partial charge in [-0.05, 0) is 129 Å². The van der Waals surface area contributed by atoms with Gasteiger partial charge in [-0.3, -0.25) is 4.98 Å². The molecule has 0 aliphatic heterocycles. The molecule has 0 atom stereocenters. The van der Waals surface area contributed by atoms with Crippen molar-refractivity contribution in [2.45, 2.75) is 52.9 Å². The van der Waals surface area contributed by atoms with E-state index in [1.54, 1.807) is 24.5 Å². The quantitative estimate of drug-likeness (QED) is 0.124. The van der Waals surface area contributed by atoms with Crippen LogP contribution in [0.3, 0.4) is 0 Å². The molecular formula is C42H40N4. The highest BCUT2D eigenvalue weighted by atomic mass is 14.6. The van der Waals surface area contributed by atoms with E-state index in [4.69, 9.17) is 0 Å². The van der Waals surface area contributed by atoms with E-state index in [1.807, 2.05) is 86.7 Å². The van der Waals surface area contributed by atoms with E-state index < -0.39 is 0 Å². The van der Waals surface area contributed by atoms with E-state index in [-0.39, 0.29) is 5.41 Å². The fraction of sp³-hybridized carbons (Fsp3) is 0.190. The summed E-state index contributed by atoms with van der Waals surface area (Å²) in [7, 11) is 0. The van der Waals surface area contributed by atoms with Crippen molar-refractivity contribution in [2.24, 2.45) is 0 Å². The van der Waals surface area contributed by atoms with Crippen molar-refractivity contribution in [1.29, 1.82) is 15.8 Å². The molecule has 1 aromatic heterocycles. The summed E-state index contributed by atoms with van der Waals surface area (Å²) in [5.74, 6) is 0. The molecule has 3 aromatic rings. The first-order valence-corrected chi connectivity index (χ1v) is 15.3. The van der Waals surface area contributed by atoms with Gasteiger partial charge in [0.15, 0.2) is 0 Å². The number of nitriles is 3. The van der Waals surface area contributed by atoms with E-state index in [0.717, 1.165) is 57.4 Å². The second-order valence-corrected chi connectivity index (χ2v) is 11.8. The minimum atomic E-state index is -0.200. The Labute approximate surface area is 274 Å². The average molecular weight is 601 g/mol. The normalized spacial score (nSPS) is 13.0. The predicted octanol–water partition coefficient (Wildman–Crippen LogP) is 11.0. The zero-order valence-electron chi connectivity index (χ0n) is 27.4. The molecule has 0 bridgehead atoms. The van der Waals surface area contributed by atoms with E-state index in [2.05, 4.69) is 63.2 Å². The minimum absolute atomic E-state index is 0.200. The van der Waals surface area contributed by atoms with Crippen molar-refractivity contribution in [1.82, 2.24) is 4.98 Å². The van der Waals surface area contributed by atoms with Crippen LogP contribution in [0, 0.1) is 34.0 Å². The Morgan fingerprint density at radius 1 is 0.739 bits per heavy atom. The summed E-state index contributed by atoms with van der Waals surface area (Å²) >= 11 is 0. The Morgan fingerprint density at radius 3 is 1.91 bits per heavy atom. The number of hydrogen-bond acceptors (Lipinski definition) is 4. The lowest BCUT2D eigenvalue weighted by molar-refractivity contribution is 0.590. The van der Waals surface area contributed by atoms with Crippen LogP contribution in [0.1, 0.15) is 75.3 Å². The maximum atomic E-state index is 10.5. The lowest BCUT2D eigenvalue weighted by atomic mass is 9.83. The van der Waals surface area contributed by atoms with Gasteiger partial charge in [0, 0.05) is 12.4 Å². The zero-order chi connectivity index (χ0) is 33.7. The fourth-order valence-electron chi connectivity index (χ4n) is 4.93.